The van der Waals surface area contributed by atoms with Gasteiger partial charge in [0.1, 0.15) is 17.9 Å². The second-order valence-electron chi connectivity index (χ2n) is 7.73. The van der Waals surface area contributed by atoms with Crippen LogP contribution in [0.15, 0.2) is 61.3 Å². The highest BCUT2D eigenvalue weighted by atomic mass is 16.5. The number of ether oxygens (including phenoxy) is 1. The number of benzene rings is 1. The Hall–Kier alpha value is -3.15. The Labute approximate surface area is 177 Å². The lowest BCUT2D eigenvalue weighted by Gasteiger charge is -2.32. The summed E-state index contributed by atoms with van der Waals surface area (Å²) in [5.41, 5.74) is 1.99. The van der Waals surface area contributed by atoms with E-state index in [1.807, 2.05) is 46.9 Å². The summed E-state index contributed by atoms with van der Waals surface area (Å²) >= 11 is 0. The summed E-state index contributed by atoms with van der Waals surface area (Å²) in [5, 5.41) is 0. The molecule has 0 N–H and O–H groups in total. The van der Waals surface area contributed by atoms with Crippen LogP contribution in [0.2, 0.25) is 0 Å². The third-order valence-electron chi connectivity index (χ3n) is 5.74. The van der Waals surface area contributed by atoms with Gasteiger partial charge in [0.15, 0.2) is 0 Å². The van der Waals surface area contributed by atoms with Crippen LogP contribution in [0.1, 0.15) is 42.1 Å². The molecule has 1 aliphatic rings. The second kappa shape index (κ2) is 9.57. The number of hydrogen-bond acceptors (Lipinski definition) is 4. The van der Waals surface area contributed by atoms with E-state index in [9.17, 15) is 4.79 Å². The van der Waals surface area contributed by atoms with Gasteiger partial charge in [-0.05, 0) is 68.4 Å². The Bertz CT molecular complexity index is 928. The van der Waals surface area contributed by atoms with E-state index in [4.69, 9.17) is 4.74 Å². The average Bonchev–Trinajstić information content (AvgIpc) is 3.34. The minimum Gasteiger partial charge on any atom is -0.494 e. The average molecular weight is 405 g/mol. The molecule has 3 aromatic rings. The SMILES string of the molecule is CCOc1ccc(CCC2CCN(C(=O)c3ccc(-n4ccnc4)nc3)CC2)cc1. The molecule has 6 heteroatoms. The van der Waals surface area contributed by atoms with Crippen molar-refractivity contribution in [1.82, 2.24) is 19.4 Å². The normalized spacial score (nSPS) is 14.6. The van der Waals surface area contributed by atoms with Crippen LogP contribution in [0.4, 0.5) is 0 Å². The van der Waals surface area contributed by atoms with Gasteiger partial charge in [-0.1, -0.05) is 12.1 Å². The number of imidazole rings is 1. The molecule has 1 saturated heterocycles. The molecule has 1 aromatic carbocycles. The number of likely N-dealkylation sites (tertiary alicyclic amines) is 1. The molecule has 1 aliphatic heterocycles. The van der Waals surface area contributed by atoms with Gasteiger partial charge < -0.3 is 9.64 Å². The van der Waals surface area contributed by atoms with Crippen molar-refractivity contribution < 1.29 is 9.53 Å². The highest BCUT2D eigenvalue weighted by Gasteiger charge is 2.23. The molecule has 0 saturated carbocycles. The number of hydrogen-bond donors (Lipinski definition) is 0. The lowest BCUT2D eigenvalue weighted by atomic mass is 9.90. The van der Waals surface area contributed by atoms with Crippen molar-refractivity contribution in [2.75, 3.05) is 19.7 Å². The Morgan fingerprint density at radius 3 is 2.57 bits per heavy atom. The zero-order chi connectivity index (χ0) is 20.8. The van der Waals surface area contributed by atoms with Gasteiger partial charge in [0.25, 0.3) is 5.91 Å². The number of piperidine rings is 1. The molecule has 6 nitrogen and oxygen atoms in total. The standard InChI is InChI=1S/C24H28N4O2/c1-2-30-22-8-5-19(6-9-22)3-4-20-11-14-27(15-12-20)24(29)21-7-10-23(26-17-21)28-16-13-25-18-28/h5-10,13,16-18,20H,2-4,11-12,14-15H2,1H3. The summed E-state index contributed by atoms with van der Waals surface area (Å²) in [5.74, 6) is 2.43. The van der Waals surface area contributed by atoms with E-state index in [2.05, 4.69) is 22.1 Å². The summed E-state index contributed by atoms with van der Waals surface area (Å²) in [6.45, 7) is 4.33. The molecule has 0 spiro atoms. The lowest BCUT2D eigenvalue weighted by molar-refractivity contribution is 0.0686. The van der Waals surface area contributed by atoms with Gasteiger partial charge in [-0.25, -0.2) is 9.97 Å². The monoisotopic (exact) mass is 404 g/mol. The molecule has 0 atom stereocenters. The molecule has 4 rings (SSSR count). The molecule has 156 valence electrons. The summed E-state index contributed by atoms with van der Waals surface area (Å²) in [7, 11) is 0. The van der Waals surface area contributed by atoms with Crippen LogP contribution >= 0.6 is 0 Å². The van der Waals surface area contributed by atoms with E-state index in [1.165, 1.54) is 5.56 Å². The fourth-order valence-electron chi connectivity index (χ4n) is 3.96. The first-order chi connectivity index (χ1) is 14.7. The van der Waals surface area contributed by atoms with E-state index in [0.29, 0.717) is 18.1 Å². The van der Waals surface area contributed by atoms with E-state index >= 15 is 0 Å². The summed E-state index contributed by atoms with van der Waals surface area (Å²) in [4.78, 5) is 23.2. The zero-order valence-corrected chi connectivity index (χ0v) is 17.4. The smallest absolute Gasteiger partial charge is 0.255 e. The number of aryl methyl sites for hydroxylation is 1. The number of rotatable bonds is 7. The maximum atomic E-state index is 12.8. The van der Waals surface area contributed by atoms with Gasteiger partial charge >= 0.3 is 0 Å². The minimum absolute atomic E-state index is 0.0737. The molecule has 2 aromatic heterocycles. The molecule has 0 bridgehead atoms. The van der Waals surface area contributed by atoms with Gasteiger partial charge in [0.05, 0.1) is 12.2 Å². The summed E-state index contributed by atoms with van der Waals surface area (Å²) < 4.78 is 7.33. The Balaban J connectivity index is 1.25. The first-order valence-corrected chi connectivity index (χ1v) is 10.7. The van der Waals surface area contributed by atoms with E-state index in [-0.39, 0.29) is 5.91 Å². The van der Waals surface area contributed by atoms with Crippen molar-refractivity contribution in [1.29, 1.82) is 0 Å². The Morgan fingerprint density at radius 1 is 1.13 bits per heavy atom. The number of amides is 1. The molecule has 0 unspecified atom stereocenters. The minimum atomic E-state index is 0.0737. The largest absolute Gasteiger partial charge is 0.494 e. The lowest BCUT2D eigenvalue weighted by Crippen LogP contribution is -2.38. The molecule has 30 heavy (non-hydrogen) atoms. The molecule has 3 heterocycles. The Morgan fingerprint density at radius 2 is 1.93 bits per heavy atom. The molecule has 0 radical (unpaired) electrons. The van der Waals surface area contributed by atoms with Crippen LogP contribution in [0.25, 0.3) is 5.82 Å². The summed E-state index contributed by atoms with van der Waals surface area (Å²) in [6, 6.07) is 12.1. The third kappa shape index (κ3) is 4.87. The predicted octanol–water partition coefficient (Wildman–Crippen LogP) is 4.15. The number of carbonyl (C=O) groups is 1. The highest BCUT2D eigenvalue weighted by Crippen LogP contribution is 2.24. The number of carbonyl (C=O) groups excluding carboxylic acids is 1. The first-order valence-electron chi connectivity index (χ1n) is 10.7. The zero-order valence-electron chi connectivity index (χ0n) is 17.4. The highest BCUT2D eigenvalue weighted by molar-refractivity contribution is 5.94. The van der Waals surface area contributed by atoms with Gasteiger partial charge in [-0.3, -0.25) is 9.36 Å². The van der Waals surface area contributed by atoms with Crippen LogP contribution < -0.4 is 4.74 Å². The van der Waals surface area contributed by atoms with Crippen LogP contribution in [0, 0.1) is 5.92 Å². The predicted molar refractivity (Wildman–Crippen MR) is 116 cm³/mol. The number of aromatic nitrogens is 3. The van der Waals surface area contributed by atoms with Gasteiger partial charge in [-0.2, -0.15) is 0 Å². The van der Waals surface area contributed by atoms with Gasteiger partial charge in [0, 0.05) is 31.7 Å². The van der Waals surface area contributed by atoms with Crippen molar-refractivity contribution in [2.45, 2.75) is 32.6 Å². The first kappa shape index (κ1) is 20.1. The molecule has 1 fully saturated rings. The fraction of sp³-hybridized carbons (Fsp3) is 0.375. The quantitative estimate of drug-likeness (QED) is 0.594. The number of nitrogens with zero attached hydrogens (tertiary/aromatic N) is 4. The van der Waals surface area contributed by atoms with Crippen LogP contribution in [-0.2, 0) is 6.42 Å². The van der Waals surface area contributed by atoms with Crippen molar-refractivity contribution >= 4 is 5.91 Å². The number of pyridine rings is 1. The molecular weight excluding hydrogens is 376 g/mol. The van der Waals surface area contributed by atoms with E-state index in [1.54, 1.807) is 18.7 Å². The van der Waals surface area contributed by atoms with Crippen molar-refractivity contribution in [3.05, 3.63) is 72.4 Å². The van der Waals surface area contributed by atoms with E-state index in [0.717, 1.165) is 50.3 Å². The van der Waals surface area contributed by atoms with Crippen LogP contribution in [-0.4, -0.2) is 45.0 Å². The topological polar surface area (TPSA) is 60.2 Å². The molecule has 0 aliphatic carbocycles. The van der Waals surface area contributed by atoms with Crippen LogP contribution in [0.5, 0.6) is 5.75 Å². The molecular formula is C24H28N4O2. The van der Waals surface area contributed by atoms with Gasteiger partial charge in [0.2, 0.25) is 0 Å². The summed E-state index contributed by atoms with van der Waals surface area (Å²) in [6.07, 6.45) is 11.3. The fourth-order valence-corrected chi connectivity index (χ4v) is 3.96. The van der Waals surface area contributed by atoms with Gasteiger partial charge in [-0.15, -0.1) is 0 Å². The maximum Gasteiger partial charge on any atom is 0.255 e. The van der Waals surface area contributed by atoms with Crippen LogP contribution in [0.3, 0.4) is 0 Å². The van der Waals surface area contributed by atoms with Crippen molar-refractivity contribution in [3.8, 4) is 11.6 Å². The second-order valence-corrected chi connectivity index (χ2v) is 7.73. The Kier molecular flexibility index (Phi) is 6.42. The third-order valence-corrected chi connectivity index (χ3v) is 5.74. The maximum absolute atomic E-state index is 12.8. The van der Waals surface area contributed by atoms with Crippen molar-refractivity contribution in [3.63, 3.8) is 0 Å². The molecule has 1 amide bonds. The van der Waals surface area contributed by atoms with E-state index < -0.39 is 0 Å². The van der Waals surface area contributed by atoms with Crippen molar-refractivity contribution in [2.24, 2.45) is 5.92 Å².